The van der Waals surface area contributed by atoms with Crippen LogP contribution in [0.1, 0.15) is 21.5 Å². The Balaban J connectivity index is 1.86. The molecule has 6 nitrogen and oxygen atoms in total. The Bertz CT molecular complexity index is 737. The Morgan fingerprint density at radius 2 is 1.65 bits per heavy atom. The second-order valence-corrected chi connectivity index (χ2v) is 5.88. The van der Waals surface area contributed by atoms with Crippen LogP contribution in [0.25, 0.3) is 0 Å². The molecule has 138 valence electrons. The van der Waals surface area contributed by atoms with Gasteiger partial charge in [-0.05, 0) is 49.2 Å². The van der Waals surface area contributed by atoms with Gasteiger partial charge in [-0.2, -0.15) is 0 Å². The van der Waals surface area contributed by atoms with Gasteiger partial charge in [-0.1, -0.05) is 18.2 Å². The van der Waals surface area contributed by atoms with E-state index in [2.05, 4.69) is 10.6 Å². The van der Waals surface area contributed by atoms with Crippen LogP contribution in [0.4, 0.5) is 5.69 Å². The van der Waals surface area contributed by atoms with E-state index >= 15 is 0 Å². The third kappa shape index (κ3) is 5.60. The normalized spacial score (nSPS) is 10.3. The minimum atomic E-state index is -0.259. The van der Waals surface area contributed by atoms with Crippen molar-refractivity contribution in [2.24, 2.45) is 0 Å². The molecular formula is C20H24N2O4. The third-order valence-corrected chi connectivity index (χ3v) is 3.78. The van der Waals surface area contributed by atoms with Crippen molar-refractivity contribution in [1.82, 2.24) is 5.32 Å². The molecule has 0 aliphatic rings. The summed E-state index contributed by atoms with van der Waals surface area (Å²) in [6, 6.07) is 12.5. The van der Waals surface area contributed by atoms with Gasteiger partial charge in [0.1, 0.15) is 5.75 Å². The average Bonchev–Trinajstić information content (AvgIpc) is 2.62. The van der Waals surface area contributed by atoms with Crippen LogP contribution >= 0.6 is 0 Å². The topological polar surface area (TPSA) is 76.7 Å². The van der Waals surface area contributed by atoms with Gasteiger partial charge in [0.15, 0.2) is 6.61 Å². The van der Waals surface area contributed by atoms with Crippen LogP contribution in [-0.4, -0.2) is 38.7 Å². The lowest BCUT2D eigenvalue weighted by Crippen LogP contribution is -2.27. The molecule has 2 aromatic rings. The number of hydrogen-bond donors (Lipinski definition) is 2. The summed E-state index contributed by atoms with van der Waals surface area (Å²) >= 11 is 0. The number of para-hydroxylation sites is 1. The van der Waals surface area contributed by atoms with E-state index in [1.807, 2.05) is 32.0 Å². The number of nitrogens with one attached hydrogen (secondary N) is 2. The van der Waals surface area contributed by atoms with Gasteiger partial charge in [-0.15, -0.1) is 0 Å². The fraction of sp³-hybridized carbons (Fsp3) is 0.300. The number of benzene rings is 2. The van der Waals surface area contributed by atoms with Crippen LogP contribution < -0.4 is 15.4 Å². The first-order valence-electron chi connectivity index (χ1n) is 8.37. The molecule has 0 atom stereocenters. The summed E-state index contributed by atoms with van der Waals surface area (Å²) < 4.78 is 10.5. The summed E-state index contributed by atoms with van der Waals surface area (Å²) in [7, 11) is 1.58. The van der Waals surface area contributed by atoms with Gasteiger partial charge in [0.2, 0.25) is 0 Å². The van der Waals surface area contributed by atoms with E-state index in [-0.39, 0.29) is 18.4 Å². The summed E-state index contributed by atoms with van der Waals surface area (Å²) in [5.74, 6) is 0.286. The van der Waals surface area contributed by atoms with Crippen LogP contribution in [0.5, 0.6) is 5.75 Å². The van der Waals surface area contributed by atoms with Crippen LogP contribution in [0.3, 0.4) is 0 Å². The smallest absolute Gasteiger partial charge is 0.262 e. The van der Waals surface area contributed by atoms with E-state index in [0.717, 1.165) is 16.9 Å². The fourth-order valence-corrected chi connectivity index (χ4v) is 2.44. The van der Waals surface area contributed by atoms with E-state index in [9.17, 15) is 9.59 Å². The molecule has 2 N–H and O–H groups in total. The van der Waals surface area contributed by atoms with Crippen molar-refractivity contribution in [1.29, 1.82) is 0 Å². The van der Waals surface area contributed by atoms with Crippen molar-refractivity contribution in [2.45, 2.75) is 13.8 Å². The van der Waals surface area contributed by atoms with E-state index in [1.54, 1.807) is 31.4 Å². The number of carbonyl (C=O) groups excluding carboxylic acids is 2. The number of aryl methyl sites for hydroxylation is 2. The average molecular weight is 356 g/mol. The summed E-state index contributed by atoms with van der Waals surface area (Å²) in [4.78, 5) is 24.0. The molecule has 0 spiro atoms. The molecule has 2 aromatic carbocycles. The lowest BCUT2D eigenvalue weighted by atomic mass is 10.1. The molecule has 0 saturated heterocycles. The maximum Gasteiger partial charge on any atom is 0.262 e. The van der Waals surface area contributed by atoms with E-state index in [0.29, 0.717) is 24.4 Å². The Morgan fingerprint density at radius 3 is 2.27 bits per heavy atom. The van der Waals surface area contributed by atoms with Gasteiger partial charge in [-0.25, -0.2) is 0 Å². The molecule has 0 aromatic heterocycles. The number of ether oxygens (including phenoxy) is 2. The molecular weight excluding hydrogens is 332 g/mol. The standard InChI is InChI=1S/C20H24N2O4/c1-14-5-4-6-15(2)19(14)26-13-18(23)22-17-9-7-16(8-10-17)20(24)21-11-12-25-3/h4-10H,11-13H2,1-3H3,(H,21,24)(H,22,23). The van der Waals surface area contributed by atoms with E-state index in [4.69, 9.17) is 9.47 Å². The van der Waals surface area contributed by atoms with Crippen molar-refractivity contribution >= 4 is 17.5 Å². The van der Waals surface area contributed by atoms with Crippen molar-refractivity contribution < 1.29 is 19.1 Å². The molecule has 0 unspecified atom stereocenters. The Labute approximate surface area is 153 Å². The summed E-state index contributed by atoms with van der Waals surface area (Å²) in [5.41, 5.74) is 3.10. The van der Waals surface area contributed by atoms with Crippen LogP contribution in [0.15, 0.2) is 42.5 Å². The second kappa shape index (κ2) is 9.58. The zero-order valence-electron chi connectivity index (χ0n) is 15.3. The highest BCUT2D eigenvalue weighted by molar-refractivity contribution is 5.96. The highest BCUT2D eigenvalue weighted by atomic mass is 16.5. The molecule has 0 radical (unpaired) electrons. The van der Waals surface area contributed by atoms with Crippen molar-refractivity contribution in [3.63, 3.8) is 0 Å². The van der Waals surface area contributed by atoms with Gasteiger partial charge in [0.25, 0.3) is 11.8 Å². The molecule has 0 saturated carbocycles. The van der Waals surface area contributed by atoms with Crippen LogP contribution in [-0.2, 0) is 9.53 Å². The van der Waals surface area contributed by atoms with Gasteiger partial charge in [0.05, 0.1) is 6.61 Å². The van der Waals surface area contributed by atoms with Gasteiger partial charge >= 0.3 is 0 Å². The third-order valence-electron chi connectivity index (χ3n) is 3.78. The zero-order chi connectivity index (χ0) is 18.9. The number of rotatable bonds is 8. The number of hydrogen-bond acceptors (Lipinski definition) is 4. The SMILES string of the molecule is COCCNC(=O)c1ccc(NC(=O)COc2c(C)cccc2C)cc1. The van der Waals surface area contributed by atoms with Gasteiger partial charge in [-0.3, -0.25) is 9.59 Å². The molecule has 0 bridgehead atoms. The zero-order valence-corrected chi connectivity index (χ0v) is 15.3. The molecule has 0 fully saturated rings. The molecule has 2 rings (SSSR count). The largest absolute Gasteiger partial charge is 0.483 e. The first-order chi connectivity index (χ1) is 12.5. The first kappa shape index (κ1) is 19.5. The van der Waals surface area contributed by atoms with Crippen molar-refractivity contribution in [2.75, 3.05) is 32.2 Å². The van der Waals surface area contributed by atoms with Gasteiger partial charge in [0, 0.05) is 24.9 Å². The lowest BCUT2D eigenvalue weighted by molar-refractivity contribution is -0.118. The second-order valence-electron chi connectivity index (χ2n) is 5.88. The summed E-state index contributed by atoms with van der Waals surface area (Å²) in [5, 5.41) is 5.49. The van der Waals surface area contributed by atoms with E-state index in [1.165, 1.54) is 0 Å². The van der Waals surface area contributed by atoms with E-state index < -0.39 is 0 Å². The maximum atomic E-state index is 12.1. The molecule has 6 heteroatoms. The number of anilines is 1. The summed E-state index contributed by atoms with van der Waals surface area (Å²) in [6.45, 7) is 4.71. The molecule has 26 heavy (non-hydrogen) atoms. The minimum absolute atomic E-state index is 0.0784. The van der Waals surface area contributed by atoms with Crippen LogP contribution in [0.2, 0.25) is 0 Å². The highest BCUT2D eigenvalue weighted by Crippen LogP contribution is 2.22. The maximum absolute atomic E-state index is 12.1. The Kier molecular flexibility index (Phi) is 7.17. The molecule has 0 aliphatic carbocycles. The monoisotopic (exact) mass is 356 g/mol. The van der Waals surface area contributed by atoms with Gasteiger partial charge < -0.3 is 20.1 Å². The quantitative estimate of drug-likeness (QED) is 0.713. The lowest BCUT2D eigenvalue weighted by Gasteiger charge is -2.12. The molecule has 2 amide bonds. The number of amides is 2. The molecule has 0 heterocycles. The predicted molar refractivity (Wildman–Crippen MR) is 101 cm³/mol. The predicted octanol–water partition coefficient (Wildman–Crippen LogP) is 2.70. The Morgan fingerprint density at radius 1 is 1.00 bits per heavy atom. The number of carbonyl (C=O) groups is 2. The molecule has 0 aliphatic heterocycles. The van der Waals surface area contributed by atoms with Crippen molar-refractivity contribution in [3.8, 4) is 5.75 Å². The minimum Gasteiger partial charge on any atom is -0.483 e. The fourth-order valence-electron chi connectivity index (χ4n) is 2.44. The highest BCUT2D eigenvalue weighted by Gasteiger charge is 2.09. The van der Waals surface area contributed by atoms with Crippen LogP contribution in [0, 0.1) is 13.8 Å². The van der Waals surface area contributed by atoms with Crippen molar-refractivity contribution in [3.05, 3.63) is 59.2 Å². The summed E-state index contributed by atoms with van der Waals surface area (Å²) in [6.07, 6.45) is 0. The number of methoxy groups -OCH3 is 1. The Hall–Kier alpha value is -2.86. The first-order valence-corrected chi connectivity index (χ1v) is 8.37.